The lowest BCUT2D eigenvalue weighted by molar-refractivity contribution is 0.518. The Bertz CT molecular complexity index is 119. The summed E-state index contributed by atoms with van der Waals surface area (Å²) >= 11 is 0. The first-order valence-electron chi connectivity index (χ1n) is 6.39. The van der Waals surface area contributed by atoms with E-state index in [0.717, 1.165) is 6.04 Å². The number of nitrogens with zero attached hydrogens (tertiary/aromatic N) is 1. The van der Waals surface area contributed by atoms with Gasteiger partial charge >= 0.3 is 0 Å². The van der Waals surface area contributed by atoms with Gasteiger partial charge in [0.15, 0.2) is 0 Å². The molecule has 0 atom stereocenters. The van der Waals surface area contributed by atoms with Crippen LogP contribution in [0.2, 0.25) is 24.2 Å². The van der Waals surface area contributed by atoms with E-state index < -0.39 is 17.9 Å². The molecule has 0 aromatic heterocycles. The normalized spacial score (nSPS) is 12.4. The number of hydrogen-bond donors (Lipinski definition) is 0. The van der Waals surface area contributed by atoms with Crippen LogP contribution in [-0.2, 0) is 0 Å². The molecular formula is C11H29NSi2. The number of rotatable bonds is 7. The van der Waals surface area contributed by atoms with Crippen LogP contribution in [0.4, 0.5) is 0 Å². The summed E-state index contributed by atoms with van der Waals surface area (Å²) in [5.41, 5.74) is 0. The summed E-state index contributed by atoms with van der Waals surface area (Å²) in [7, 11) is -1.13. The van der Waals surface area contributed by atoms with Gasteiger partial charge in [-0.25, -0.2) is 0 Å². The molecule has 14 heavy (non-hydrogen) atoms. The van der Waals surface area contributed by atoms with Crippen LogP contribution >= 0.6 is 0 Å². The topological polar surface area (TPSA) is 3.24 Å². The van der Waals surface area contributed by atoms with Gasteiger partial charge in [0.05, 0.1) is 0 Å². The van der Waals surface area contributed by atoms with E-state index in [1.165, 1.54) is 24.2 Å². The molecule has 0 spiro atoms. The highest BCUT2D eigenvalue weighted by atomic mass is 28.4. The highest BCUT2D eigenvalue weighted by Gasteiger charge is 2.25. The van der Waals surface area contributed by atoms with Gasteiger partial charge in [-0.05, 0) is 6.04 Å². The quantitative estimate of drug-likeness (QED) is 0.608. The van der Waals surface area contributed by atoms with Crippen LogP contribution in [0.1, 0.15) is 41.5 Å². The first-order valence-corrected chi connectivity index (χ1v) is 10.7. The lowest BCUT2D eigenvalue weighted by Gasteiger charge is -2.39. The second-order valence-electron chi connectivity index (χ2n) is 4.48. The fourth-order valence-corrected chi connectivity index (χ4v) is 12.0. The molecule has 3 heteroatoms. The van der Waals surface area contributed by atoms with Gasteiger partial charge in [-0.2, -0.15) is 0 Å². The lowest BCUT2D eigenvalue weighted by Crippen LogP contribution is -2.51. The third kappa shape index (κ3) is 3.87. The van der Waals surface area contributed by atoms with Crippen LogP contribution in [0.25, 0.3) is 0 Å². The van der Waals surface area contributed by atoms with Gasteiger partial charge in [-0.3, -0.25) is 0 Å². The third-order valence-corrected chi connectivity index (χ3v) is 12.5. The van der Waals surface area contributed by atoms with E-state index >= 15 is 0 Å². The molecule has 0 bridgehead atoms. The zero-order valence-corrected chi connectivity index (χ0v) is 13.3. The third-order valence-electron chi connectivity index (χ3n) is 3.32. The number of hydrogen-bond acceptors (Lipinski definition) is 1. The lowest BCUT2D eigenvalue weighted by atomic mass is 10.4. The Morgan fingerprint density at radius 1 is 0.786 bits per heavy atom. The summed E-state index contributed by atoms with van der Waals surface area (Å²) in [5.74, 6) is 0. The molecule has 0 aliphatic rings. The van der Waals surface area contributed by atoms with Crippen molar-refractivity contribution in [3.63, 3.8) is 0 Å². The predicted molar refractivity (Wildman–Crippen MR) is 73.2 cm³/mol. The van der Waals surface area contributed by atoms with Crippen LogP contribution in [0.5, 0.6) is 0 Å². The zero-order chi connectivity index (χ0) is 11.1. The fourth-order valence-electron chi connectivity index (χ4n) is 2.56. The van der Waals surface area contributed by atoms with Crippen molar-refractivity contribution in [2.24, 2.45) is 0 Å². The van der Waals surface area contributed by atoms with Crippen LogP contribution in [0.3, 0.4) is 0 Å². The predicted octanol–water partition coefficient (Wildman–Crippen LogP) is 3.22. The van der Waals surface area contributed by atoms with Gasteiger partial charge in [-0.15, -0.1) is 0 Å². The van der Waals surface area contributed by atoms with Crippen molar-refractivity contribution in [2.75, 3.05) is 0 Å². The molecule has 0 saturated heterocycles. The Morgan fingerprint density at radius 3 is 1.21 bits per heavy atom. The van der Waals surface area contributed by atoms with E-state index in [9.17, 15) is 0 Å². The van der Waals surface area contributed by atoms with Crippen molar-refractivity contribution in [1.29, 1.82) is 0 Å². The van der Waals surface area contributed by atoms with E-state index in [1.54, 1.807) is 0 Å². The molecule has 0 N–H and O–H groups in total. The molecule has 0 saturated carbocycles. The van der Waals surface area contributed by atoms with Crippen molar-refractivity contribution in [3.05, 3.63) is 0 Å². The van der Waals surface area contributed by atoms with E-state index in [-0.39, 0.29) is 0 Å². The van der Waals surface area contributed by atoms with E-state index in [4.69, 9.17) is 0 Å². The SMILES string of the molecule is CC[SiH](CC)N(C(C)C)[SiH](CC)CC. The van der Waals surface area contributed by atoms with E-state index in [0.29, 0.717) is 0 Å². The minimum Gasteiger partial charge on any atom is -0.348 e. The summed E-state index contributed by atoms with van der Waals surface area (Å²) in [6.45, 7) is 14.4. The average molecular weight is 232 g/mol. The van der Waals surface area contributed by atoms with Crippen LogP contribution in [-0.4, -0.2) is 28.2 Å². The van der Waals surface area contributed by atoms with Gasteiger partial charge in [-0.1, -0.05) is 65.7 Å². The smallest absolute Gasteiger partial charge is 0.104 e. The molecule has 0 aromatic carbocycles. The monoisotopic (exact) mass is 231 g/mol. The maximum Gasteiger partial charge on any atom is 0.104 e. The van der Waals surface area contributed by atoms with Gasteiger partial charge < -0.3 is 4.23 Å². The second kappa shape index (κ2) is 7.66. The molecule has 1 nitrogen and oxygen atoms in total. The Balaban J connectivity index is 4.54. The van der Waals surface area contributed by atoms with Crippen molar-refractivity contribution in [3.8, 4) is 0 Å². The molecule has 0 radical (unpaired) electrons. The summed E-state index contributed by atoms with van der Waals surface area (Å²) in [4.78, 5) is 0. The fraction of sp³-hybridized carbons (Fsp3) is 1.00. The summed E-state index contributed by atoms with van der Waals surface area (Å²) < 4.78 is 3.00. The van der Waals surface area contributed by atoms with Crippen molar-refractivity contribution >= 4 is 17.9 Å². The average Bonchev–Trinajstić information content (AvgIpc) is 2.18. The molecule has 0 amide bonds. The molecule has 0 unspecified atom stereocenters. The standard InChI is InChI=1S/C11H29NSi2/c1-7-13(8-2)12(11(5)6)14(9-3)10-4/h11,13-14H,7-10H2,1-6H3. The van der Waals surface area contributed by atoms with Crippen LogP contribution in [0.15, 0.2) is 0 Å². The van der Waals surface area contributed by atoms with Gasteiger partial charge in [0.25, 0.3) is 0 Å². The second-order valence-corrected chi connectivity index (χ2v) is 12.2. The highest BCUT2D eigenvalue weighted by Crippen LogP contribution is 2.16. The molecule has 0 heterocycles. The summed E-state index contributed by atoms with van der Waals surface area (Å²) in [6, 6.07) is 6.63. The van der Waals surface area contributed by atoms with Crippen LogP contribution < -0.4 is 0 Å². The Morgan fingerprint density at radius 2 is 1.07 bits per heavy atom. The first-order chi connectivity index (χ1) is 6.62. The maximum atomic E-state index is 3.00. The molecule has 0 aliphatic carbocycles. The maximum absolute atomic E-state index is 3.00. The molecule has 86 valence electrons. The minimum atomic E-state index is -0.563. The van der Waals surface area contributed by atoms with Crippen molar-refractivity contribution in [1.82, 2.24) is 4.23 Å². The Kier molecular flexibility index (Phi) is 7.87. The molecule has 0 aromatic rings. The molecule has 0 aliphatic heterocycles. The largest absolute Gasteiger partial charge is 0.348 e. The summed E-state index contributed by atoms with van der Waals surface area (Å²) in [5, 5.41) is 0. The van der Waals surface area contributed by atoms with E-state index in [1.807, 2.05) is 0 Å². The Hall–Kier alpha value is 0.394. The van der Waals surface area contributed by atoms with E-state index in [2.05, 4.69) is 45.8 Å². The van der Waals surface area contributed by atoms with Crippen LogP contribution in [0, 0.1) is 0 Å². The van der Waals surface area contributed by atoms with Crippen molar-refractivity contribution in [2.45, 2.75) is 71.8 Å². The van der Waals surface area contributed by atoms with Gasteiger partial charge in [0.1, 0.15) is 17.9 Å². The Labute approximate surface area is 94.3 Å². The molecule has 0 fully saturated rings. The van der Waals surface area contributed by atoms with Crippen molar-refractivity contribution < 1.29 is 0 Å². The summed E-state index contributed by atoms with van der Waals surface area (Å²) in [6.07, 6.45) is 0. The molecular weight excluding hydrogens is 202 g/mol. The zero-order valence-electron chi connectivity index (χ0n) is 11.0. The minimum absolute atomic E-state index is 0.563. The van der Waals surface area contributed by atoms with Gasteiger partial charge in [0, 0.05) is 0 Å². The highest BCUT2D eigenvalue weighted by molar-refractivity contribution is 6.72. The molecule has 0 rings (SSSR count). The first kappa shape index (κ1) is 14.4. The van der Waals surface area contributed by atoms with Gasteiger partial charge in [0.2, 0.25) is 0 Å².